The van der Waals surface area contributed by atoms with Crippen LogP contribution in [0.5, 0.6) is 0 Å². The van der Waals surface area contributed by atoms with Crippen LogP contribution in [0.4, 0.5) is 0 Å². The molecule has 2 atom stereocenters. The number of halogens is 1. The van der Waals surface area contributed by atoms with E-state index in [-0.39, 0.29) is 11.9 Å². The average molecular weight is 308 g/mol. The maximum atomic E-state index is 12.9. The molecular formula is C16H18ClNO3. The molecule has 2 aliphatic rings. The summed E-state index contributed by atoms with van der Waals surface area (Å²) in [6.45, 7) is 2.36. The van der Waals surface area contributed by atoms with Gasteiger partial charge in [0.25, 0.3) is 0 Å². The number of carboxylic acid groups (broad SMARTS) is 1. The summed E-state index contributed by atoms with van der Waals surface area (Å²) >= 11 is 6.03. The van der Waals surface area contributed by atoms with E-state index in [4.69, 9.17) is 11.6 Å². The van der Waals surface area contributed by atoms with Crippen LogP contribution in [0.3, 0.4) is 0 Å². The highest BCUT2D eigenvalue weighted by Crippen LogP contribution is 2.51. The average Bonchev–Trinajstić information content (AvgIpc) is 3.16. The molecule has 1 aliphatic carbocycles. The highest BCUT2D eigenvalue weighted by Gasteiger charge is 2.55. The fourth-order valence-electron chi connectivity index (χ4n) is 3.37. The number of hydrogen-bond donors (Lipinski definition) is 1. The second-order valence-electron chi connectivity index (χ2n) is 6.07. The van der Waals surface area contributed by atoms with E-state index >= 15 is 0 Å². The Morgan fingerprint density at radius 1 is 1.38 bits per heavy atom. The molecule has 0 aromatic heterocycles. The zero-order valence-electron chi connectivity index (χ0n) is 11.9. The summed E-state index contributed by atoms with van der Waals surface area (Å²) in [5.41, 5.74) is 0.470. The van der Waals surface area contributed by atoms with Crippen molar-refractivity contribution in [1.29, 1.82) is 0 Å². The number of amides is 1. The van der Waals surface area contributed by atoms with E-state index in [0.717, 1.165) is 18.4 Å². The lowest BCUT2D eigenvalue weighted by molar-refractivity contribution is -0.143. The number of carbonyl (C=O) groups excluding carboxylic acids is 1. The molecule has 1 saturated carbocycles. The van der Waals surface area contributed by atoms with Gasteiger partial charge in [-0.3, -0.25) is 9.59 Å². The number of aliphatic carboxylic acids is 1. The molecule has 2 unspecified atom stereocenters. The summed E-state index contributed by atoms with van der Waals surface area (Å²) in [5.74, 6) is -1.21. The van der Waals surface area contributed by atoms with E-state index in [2.05, 4.69) is 0 Å². The van der Waals surface area contributed by atoms with Gasteiger partial charge in [0.2, 0.25) is 5.91 Å². The predicted molar refractivity (Wildman–Crippen MR) is 79.3 cm³/mol. The van der Waals surface area contributed by atoms with E-state index < -0.39 is 17.3 Å². The van der Waals surface area contributed by atoms with Crippen LogP contribution in [0.15, 0.2) is 24.3 Å². The summed E-state index contributed by atoms with van der Waals surface area (Å²) in [6.07, 6.45) is 2.16. The summed E-state index contributed by atoms with van der Waals surface area (Å²) < 4.78 is 0. The van der Waals surface area contributed by atoms with E-state index in [1.54, 1.807) is 11.0 Å². The normalized spacial score (nSPS) is 26.7. The molecule has 1 N–H and O–H groups in total. The monoisotopic (exact) mass is 307 g/mol. The molecule has 5 heteroatoms. The van der Waals surface area contributed by atoms with Crippen molar-refractivity contribution >= 4 is 23.5 Å². The first-order valence-corrected chi connectivity index (χ1v) is 7.63. The summed E-state index contributed by atoms with van der Waals surface area (Å²) in [7, 11) is 0. The maximum absolute atomic E-state index is 12.9. The van der Waals surface area contributed by atoms with Gasteiger partial charge in [0.15, 0.2) is 0 Å². The highest BCUT2D eigenvalue weighted by molar-refractivity contribution is 6.30. The van der Waals surface area contributed by atoms with Crippen LogP contribution in [0.1, 0.15) is 31.7 Å². The quantitative estimate of drug-likeness (QED) is 0.934. The fraction of sp³-hybridized carbons (Fsp3) is 0.500. The van der Waals surface area contributed by atoms with Crippen molar-refractivity contribution in [3.8, 4) is 0 Å². The van der Waals surface area contributed by atoms with Gasteiger partial charge in [-0.05, 0) is 43.9 Å². The van der Waals surface area contributed by atoms with Crippen molar-refractivity contribution < 1.29 is 14.7 Å². The minimum absolute atomic E-state index is 0.0565. The Bertz CT molecular complexity index is 597. The topological polar surface area (TPSA) is 57.6 Å². The Morgan fingerprint density at radius 2 is 2.10 bits per heavy atom. The van der Waals surface area contributed by atoms with Gasteiger partial charge in [-0.25, -0.2) is 0 Å². The van der Waals surface area contributed by atoms with Crippen LogP contribution < -0.4 is 0 Å². The summed E-state index contributed by atoms with van der Waals surface area (Å²) in [6, 6.07) is 7.20. The van der Waals surface area contributed by atoms with Gasteiger partial charge in [-0.2, -0.15) is 0 Å². The molecule has 1 aromatic rings. The third-order valence-corrected chi connectivity index (χ3v) is 5.10. The molecule has 1 aromatic carbocycles. The molecule has 1 aliphatic heterocycles. The molecule has 1 amide bonds. The lowest BCUT2D eigenvalue weighted by Gasteiger charge is -2.28. The molecule has 112 valence electrons. The molecule has 0 bridgehead atoms. The molecule has 1 saturated heterocycles. The van der Waals surface area contributed by atoms with Crippen LogP contribution in [-0.2, 0) is 15.0 Å². The Kier molecular flexibility index (Phi) is 3.44. The standard InChI is InChI=1S/C16H18ClNO3/c1-10-13(14(19)20)5-8-18(10)15(21)16(6-7-16)11-3-2-4-12(17)9-11/h2-4,9-10,13H,5-8H2,1H3,(H,19,20). The van der Waals surface area contributed by atoms with Gasteiger partial charge >= 0.3 is 5.97 Å². The number of benzene rings is 1. The number of likely N-dealkylation sites (tertiary alicyclic amines) is 1. The minimum Gasteiger partial charge on any atom is -0.481 e. The Balaban J connectivity index is 1.84. The van der Waals surface area contributed by atoms with Gasteiger partial charge in [-0.15, -0.1) is 0 Å². The van der Waals surface area contributed by atoms with Crippen molar-refractivity contribution in [3.05, 3.63) is 34.9 Å². The summed E-state index contributed by atoms with van der Waals surface area (Å²) in [5, 5.41) is 9.83. The molecule has 0 spiro atoms. The molecule has 21 heavy (non-hydrogen) atoms. The SMILES string of the molecule is CC1C(C(=O)O)CCN1C(=O)C1(c2cccc(Cl)c2)CC1. The van der Waals surface area contributed by atoms with Gasteiger partial charge in [0.05, 0.1) is 11.3 Å². The Hall–Kier alpha value is -1.55. The molecular weight excluding hydrogens is 290 g/mol. The van der Waals surface area contributed by atoms with Gasteiger partial charge in [0.1, 0.15) is 0 Å². The van der Waals surface area contributed by atoms with Crippen LogP contribution in [-0.4, -0.2) is 34.5 Å². The van der Waals surface area contributed by atoms with Crippen molar-refractivity contribution in [1.82, 2.24) is 4.90 Å². The van der Waals surface area contributed by atoms with E-state index in [9.17, 15) is 14.7 Å². The molecule has 0 radical (unpaired) electrons. The van der Waals surface area contributed by atoms with Crippen LogP contribution >= 0.6 is 11.6 Å². The predicted octanol–water partition coefficient (Wildman–Crippen LogP) is 2.69. The zero-order valence-corrected chi connectivity index (χ0v) is 12.6. The van der Waals surface area contributed by atoms with Crippen LogP contribution in [0.2, 0.25) is 5.02 Å². The van der Waals surface area contributed by atoms with E-state index in [1.807, 2.05) is 25.1 Å². The molecule has 2 fully saturated rings. The van der Waals surface area contributed by atoms with Gasteiger partial charge < -0.3 is 10.0 Å². The van der Waals surface area contributed by atoms with E-state index in [1.165, 1.54) is 0 Å². The van der Waals surface area contributed by atoms with Crippen LogP contribution in [0, 0.1) is 5.92 Å². The summed E-state index contributed by atoms with van der Waals surface area (Å²) in [4.78, 5) is 25.9. The highest BCUT2D eigenvalue weighted by atomic mass is 35.5. The third-order valence-electron chi connectivity index (χ3n) is 4.87. The number of carbonyl (C=O) groups is 2. The number of rotatable bonds is 3. The van der Waals surface area contributed by atoms with Crippen molar-refractivity contribution in [2.45, 2.75) is 37.6 Å². The third kappa shape index (κ3) is 2.31. The zero-order chi connectivity index (χ0) is 15.2. The van der Waals surface area contributed by atoms with Gasteiger partial charge in [-0.1, -0.05) is 23.7 Å². The van der Waals surface area contributed by atoms with Crippen LogP contribution in [0.25, 0.3) is 0 Å². The Labute approximate surface area is 128 Å². The smallest absolute Gasteiger partial charge is 0.308 e. The van der Waals surface area contributed by atoms with Crippen molar-refractivity contribution in [2.24, 2.45) is 5.92 Å². The second kappa shape index (κ2) is 5.02. The number of carboxylic acids is 1. The second-order valence-corrected chi connectivity index (χ2v) is 6.50. The molecule has 4 nitrogen and oxygen atoms in total. The molecule has 3 rings (SSSR count). The largest absolute Gasteiger partial charge is 0.481 e. The fourth-order valence-corrected chi connectivity index (χ4v) is 3.56. The van der Waals surface area contributed by atoms with Crippen molar-refractivity contribution in [3.63, 3.8) is 0 Å². The maximum Gasteiger partial charge on any atom is 0.308 e. The molecule has 1 heterocycles. The number of nitrogens with zero attached hydrogens (tertiary/aromatic N) is 1. The number of hydrogen-bond acceptors (Lipinski definition) is 2. The van der Waals surface area contributed by atoms with Crippen molar-refractivity contribution in [2.75, 3.05) is 6.54 Å². The minimum atomic E-state index is -0.814. The first-order chi connectivity index (χ1) is 9.95. The Morgan fingerprint density at radius 3 is 2.62 bits per heavy atom. The van der Waals surface area contributed by atoms with E-state index in [0.29, 0.717) is 18.0 Å². The van der Waals surface area contributed by atoms with Gasteiger partial charge in [0, 0.05) is 17.6 Å². The first kappa shape index (κ1) is 14.4. The lowest BCUT2D eigenvalue weighted by Crippen LogP contribution is -2.43. The first-order valence-electron chi connectivity index (χ1n) is 7.25. The lowest BCUT2D eigenvalue weighted by atomic mass is 9.93.